The Hall–Kier alpha value is -3.69. The first kappa shape index (κ1) is 24.0. The molecule has 1 atom stereocenters. The van der Waals surface area contributed by atoms with E-state index in [1.54, 1.807) is 13.8 Å². The molecule has 174 valence electrons. The van der Waals surface area contributed by atoms with E-state index in [4.69, 9.17) is 5.11 Å². The van der Waals surface area contributed by atoms with Gasteiger partial charge in [-0.1, -0.05) is 19.1 Å². The van der Waals surface area contributed by atoms with Crippen LogP contribution in [0.1, 0.15) is 63.9 Å². The molecule has 3 rings (SSSR count). The number of carboxylic acids is 1. The molecular formula is C23H21F4N3O3. The Morgan fingerprint density at radius 2 is 1.79 bits per heavy atom. The number of carboxylic acid groups (broad SMARTS) is 1. The van der Waals surface area contributed by atoms with Gasteiger partial charge in [0.2, 0.25) is 0 Å². The maximum Gasteiger partial charge on any atom is 0.335 e. The van der Waals surface area contributed by atoms with Crippen LogP contribution < -0.4 is 5.32 Å². The fourth-order valence-corrected chi connectivity index (χ4v) is 3.56. The van der Waals surface area contributed by atoms with Gasteiger partial charge in [0, 0.05) is 12.6 Å². The van der Waals surface area contributed by atoms with Crippen LogP contribution in [0.3, 0.4) is 0 Å². The Kier molecular flexibility index (Phi) is 6.85. The molecule has 1 aromatic heterocycles. The van der Waals surface area contributed by atoms with Crippen molar-refractivity contribution in [3.05, 3.63) is 76.0 Å². The summed E-state index contributed by atoms with van der Waals surface area (Å²) in [6, 6.07) is 7.17. The van der Waals surface area contributed by atoms with Crippen molar-refractivity contribution >= 4 is 11.9 Å². The van der Waals surface area contributed by atoms with Gasteiger partial charge in [0.15, 0.2) is 11.6 Å². The Bertz CT molecular complexity index is 1210. The minimum Gasteiger partial charge on any atom is -0.478 e. The van der Waals surface area contributed by atoms with Crippen LogP contribution in [0.15, 0.2) is 36.4 Å². The van der Waals surface area contributed by atoms with Crippen molar-refractivity contribution < 1.29 is 32.3 Å². The molecule has 0 aliphatic rings. The number of aromatic carboxylic acids is 1. The second-order valence-corrected chi connectivity index (χ2v) is 7.44. The summed E-state index contributed by atoms with van der Waals surface area (Å²) in [5, 5.41) is 15.4. The predicted octanol–water partition coefficient (Wildman–Crippen LogP) is 5.05. The van der Waals surface area contributed by atoms with Crippen molar-refractivity contribution in [3.8, 4) is 11.3 Å². The van der Waals surface area contributed by atoms with Gasteiger partial charge in [-0.2, -0.15) is 5.10 Å². The van der Waals surface area contributed by atoms with E-state index in [1.807, 2.05) is 0 Å². The first-order valence-electron chi connectivity index (χ1n) is 10.0. The van der Waals surface area contributed by atoms with E-state index in [0.717, 1.165) is 10.7 Å². The summed E-state index contributed by atoms with van der Waals surface area (Å²) < 4.78 is 56.6. The Labute approximate surface area is 186 Å². The lowest BCUT2D eigenvalue weighted by Crippen LogP contribution is -2.28. The molecule has 10 heteroatoms. The number of aryl methyl sites for hydroxylation is 2. The average molecular weight is 463 g/mol. The zero-order valence-corrected chi connectivity index (χ0v) is 18.0. The molecule has 0 aliphatic heterocycles. The van der Waals surface area contributed by atoms with E-state index >= 15 is 0 Å². The van der Waals surface area contributed by atoms with Crippen molar-refractivity contribution in [2.45, 2.75) is 32.7 Å². The van der Waals surface area contributed by atoms with E-state index in [1.165, 1.54) is 37.4 Å². The molecule has 2 aromatic carbocycles. The van der Waals surface area contributed by atoms with Crippen LogP contribution in [0.25, 0.3) is 11.3 Å². The molecule has 0 spiro atoms. The lowest BCUT2D eigenvalue weighted by Gasteiger charge is -2.16. The van der Waals surface area contributed by atoms with Gasteiger partial charge in [-0.15, -0.1) is 0 Å². The van der Waals surface area contributed by atoms with E-state index in [9.17, 15) is 27.2 Å². The lowest BCUT2D eigenvalue weighted by atomic mass is 10.00. The predicted molar refractivity (Wildman–Crippen MR) is 112 cm³/mol. The molecule has 1 heterocycles. The monoisotopic (exact) mass is 463 g/mol. The number of hydrogen-bond acceptors (Lipinski definition) is 3. The lowest BCUT2D eigenvalue weighted by molar-refractivity contribution is 0.0696. The third-order valence-corrected chi connectivity index (χ3v) is 5.27. The SMILES string of the molecule is CCc1cc(-c2c(C(=O)N[C@@H](C)c3ccc(C(=O)O)cc3)c(C(F)F)nn2C)cc(F)c1F. The molecule has 0 radical (unpaired) electrons. The second-order valence-electron chi connectivity index (χ2n) is 7.44. The van der Waals surface area contributed by atoms with E-state index in [0.29, 0.717) is 5.56 Å². The molecule has 0 bridgehead atoms. The maximum atomic E-state index is 14.2. The number of benzene rings is 2. The highest BCUT2D eigenvalue weighted by Gasteiger charge is 2.30. The number of aromatic nitrogens is 2. The molecular weight excluding hydrogens is 442 g/mol. The average Bonchev–Trinajstić information content (AvgIpc) is 3.13. The summed E-state index contributed by atoms with van der Waals surface area (Å²) >= 11 is 0. The first-order valence-corrected chi connectivity index (χ1v) is 10.0. The third kappa shape index (κ3) is 4.74. The molecule has 0 aliphatic carbocycles. The highest BCUT2D eigenvalue weighted by molar-refractivity contribution is 6.01. The summed E-state index contributed by atoms with van der Waals surface area (Å²) in [6.45, 7) is 3.21. The fourth-order valence-electron chi connectivity index (χ4n) is 3.56. The number of nitrogens with one attached hydrogen (secondary N) is 1. The number of rotatable bonds is 7. The largest absolute Gasteiger partial charge is 0.478 e. The Morgan fingerprint density at radius 1 is 1.15 bits per heavy atom. The zero-order chi connectivity index (χ0) is 24.4. The summed E-state index contributed by atoms with van der Waals surface area (Å²) in [5.74, 6) is -4.20. The molecule has 0 fully saturated rings. The Morgan fingerprint density at radius 3 is 2.33 bits per heavy atom. The number of carbonyl (C=O) groups is 2. The molecule has 0 unspecified atom stereocenters. The molecule has 33 heavy (non-hydrogen) atoms. The van der Waals surface area contributed by atoms with E-state index in [-0.39, 0.29) is 28.8 Å². The molecule has 0 saturated carbocycles. The Balaban J connectivity index is 2.04. The van der Waals surface area contributed by atoms with E-state index < -0.39 is 47.2 Å². The van der Waals surface area contributed by atoms with Crippen molar-refractivity contribution in [2.75, 3.05) is 0 Å². The smallest absolute Gasteiger partial charge is 0.335 e. The van der Waals surface area contributed by atoms with Crippen LogP contribution in [0.5, 0.6) is 0 Å². The van der Waals surface area contributed by atoms with Gasteiger partial charge < -0.3 is 10.4 Å². The summed E-state index contributed by atoms with van der Waals surface area (Å²) in [6.07, 6.45) is -2.94. The van der Waals surface area contributed by atoms with Crippen LogP contribution >= 0.6 is 0 Å². The van der Waals surface area contributed by atoms with Crippen LogP contribution in [-0.4, -0.2) is 26.8 Å². The van der Waals surface area contributed by atoms with Gasteiger partial charge in [0.1, 0.15) is 5.69 Å². The zero-order valence-electron chi connectivity index (χ0n) is 18.0. The van der Waals surface area contributed by atoms with Gasteiger partial charge in [0.25, 0.3) is 12.3 Å². The van der Waals surface area contributed by atoms with Crippen molar-refractivity contribution in [1.29, 1.82) is 0 Å². The fraction of sp³-hybridized carbons (Fsp3) is 0.261. The number of carbonyl (C=O) groups excluding carboxylic acids is 1. The highest BCUT2D eigenvalue weighted by atomic mass is 19.3. The van der Waals surface area contributed by atoms with Crippen LogP contribution in [0.4, 0.5) is 17.6 Å². The molecule has 1 amide bonds. The van der Waals surface area contributed by atoms with Gasteiger partial charge in [-0.25, -0.2) is 22.4 Å². The van der Waals surface area contributed by atoms with Gasteiger partial charge in [-0.3, -0.25) is 9.48 Å². The quantitative estimate of drug-likeness (QED) is 0.480. The van der Waals surface area contributed by atoms with E-state index in [2.05, 4.69) is 10.4 Å². The molecule has 2 N–H and O–H groups in total. The molecule has 3 aromatic rings. The highest BCUT2D eigenvalue weighted by Crippen LogP contribution is 2.33. The topological polar surface area (TPSA) is 84.2 Å². The molecule has 6 nitrogen and oxygen atoms in total. The van der Waals surface area contributed by atoms with Crippen LogP contribution in [0.2, 0.25) is 0 Å². The van der Waals surface area contributed by atoms with Crippen molar-refractivity contribution in [2.24, 2.45) is 7.05 Å². The second kappa shape index (κ2) is 9.43. The molecule has 0 saturated heterocycles. The number of alkyl halides is 2. The van der Waals surface area contributed by atoms with Crippen molar-refractivity contribution in [1.82, 2.24) is 15.1 Å². The van der Waals surface area contributed by atoms with Crippen molar-refractivity contribution in [3.63, 3.8) is 0 Å². The number of halogens is 4. The van der Waals surface area contributed by atoms with Crippen LogP contribution in [-0.2, 0) is 13.5 Å². The minimum absolute atomic E-state index is 0.0306. The standard InChI is InChI=1S/C23H21F4N3O3/c1-4-12-9-15(10-16(24)18(12)25)20-17(19(21(26)27)29-30(20)3)22(31)28-11(2)13-5-7-14(8-6-13)23(32)33/h5-11,21H,4H2,1-3H3,(H,28,31)(H,32,33)/t11-/m0/s1. The summed E-state index contributed by atoms with van der Waals surface area (Å²) in [5.41, 5.74) is -0.657. The van der Waals surface area contributed by atoms with Gasteiger partial charge in [-0.05, 0) is 48.7 Å². The summed E-state index contributed by atoms with van der Waals surface area (Å²) in [7, 11) is 1.33. The van der Waals surface area contributed by atoms with Crippen LogP contribution in [0, 0.1) is 11.6 Å². The number of hydrogen-bond donors (Lipinski definition) is 2. The third-order valence-electron chi connectivity index (χ3n) is 5.27. The number of nitrogens with zero attached hydrogens (tertiary/aromatic N) is 2. The van der Waals surface area contributed by atoms with Gasteiger partial charge >= 0.3 is 5.97 Å². The van der Waals surface area contributed by atoms with Gasteiger partial charge in [0.05, 0.1) is 22.9 Å². The summed E-state index contributed by atoms with van der Waals surface area (Å²) in [4.78, 5) is 24.1. The maximum absolute atomic E-state index is 14.2. The minimum atomic E-state index is -3.09. The first-order chi connectivity index (χ1) is 15.5. The normalized spacial score (nSPS) is 12.1. The number of amides is 1.